The van der Waals surface area contributed by atoms with Gasteiger partial charge in [-0.2, -0.15) is 14.0 Å². The largest absolute Gasteiger partial charge is 0.459 e. The monoisotopic (exact) mass is 374 g/mol. The van der Waals surface area contributed by atoms with E-state index < -0.39 is 40.8 Å². The molecule has 0 aromatic heterocycles. The molecule has 0 unspecified atom stereocenters. The molecule has 0 fully saturated rings. The molecule has 0 saturated carbocycles. The highest BCUT2D eigenvalue weighted by Gasteiger charge is 2.37. The van der Waals surface area contributed by atoms with E-state index in [2.05, 4.69) is 10.1 Å². The Kier molecular flexibility index (Phi) is 6.32. The number of carbonyl (C=O) groups is 2. The number of amides is 1. The highest BCUT2D eigenvalue weighted by atomic mass is 35.5. The van der Waals surface area contributed by atoms with Gasteiger partial charge in [-0.25, -0.2) is 4.79 Å². The normalized spacial score (nSPS) is 11.4. The van der Waals surface area contributed by atoms with E-state index in [0.29, 0.717) is 0 Å². The van der Waals surface area contributed by atoms with Crippen molar-refractivity contribution < 1.29 is 27.8 Å². The lowest BCUT2D eigenvalue weighted by molar-refractivity contribution is -0.153. The standard InChI is InChI=1S/C16H17ClF2N2O4/c1-9(22)24-8-16(18,19)11-5-10(7-20)6-12(13(11)17)21-14(23)25-15(2,3)4/h5-6H,8H2,1-4H3,(H,21,23). The van der Waals surface area contributed by atoms with Crippen molar-refractivity contribution in [3.8, 4) is 6.07 Å². The minimum Gasteiger partial charge on any atom is -0.459 e. The number of ether oxygens (including phenoxy) is 2. The molecule has 0 aliphatic carbocycles. The van der Waals surface area contributed by atoms with Crippen LogP contribution in [0.15, 0.2) is 12.1 Å². The molecule has 0 saturated heterocycles. The SMILES string of the molecule is CC(=O)OCC(F)(F)c1cc(C#N)cc(NC(=O)OC(C)(C)C)c1Cl. The second kappa shape index (κ2) is 7.66. The van der Waals surface area contributed by atoms with Gasteiger partial charge in [0, 0.05) is 12.5 Å². The van der Waals surface area contributed by atoms with Gasteiger partial charge in [0.15, 0.2) is 6.61 Å². The molecular weight excluding hydrogens is 358 g/mol. The minimum atomic E-state index is -3.65. The summed E-state index contributed by atoms with van der Waals surface area (Å²) in [6, 6.07) is 3.71. The van der Waals surface area contributed by atoms with E-state index in [4.69, 9.17) is 21.6 Å². The van der Waals surface area contributed by atoms with Crippen LogP contribution in [0.2, 0.25) is 5.02 Å². The second-order valence-electron chi connectivity index (χ2n) is 6.11. The minimum absolute atomic E-state index is 0.159. The average Bonchev–Trinajstić information content (AvgIpc) is 2.45. The van der Waals surface area contributed by atoms with Crippen molar-refractivity contribution >= 4 is 29.4 Å². The number of rotatable bonds is 4. The zero-order chi connectivity index (χ0) is 19.4. The highest BCUT2D eigenvalue weighted by molar-refractivity contribution is 6.34. The van der Waals surface area contributed by atoms with Gasteiger partial charge in [-0.05, 0) is 32.9 Å². The number of alkyl halides is 2. The molecule has 1 aromatic carbocycles. The van der Waals surface area contributed by atoms with Crippen LogP contribution in [0.25, 0.3) is 0 Å². The summed E-state index contributed by atoms with van der Waals surface area (Å²) in [6.45, 7) is 4.61. The Hall–Kier alpha value is -2.40. The van der Waals surface area contributed by atoms with Gasteiger partial charge >= 0.3 is 18.0 Å². The molecule has 1 N–H and O–H groups in total. The smallest absolute Gasteiger partial charge is 0.412 e. The van der Waals surface area contributed by atoms with E-state index in [1.807, 2.05) is 0 Å². The molecule has 0 heterocycles. The molecule has 25 heavy (non-hydrogen) atoms. The number of carbonyl (C=O) groups excluding carboxylic acids is 2. The van der Waals surface area contributed by atoms with Crippen LogP contribution in [0.3, 0.4) is 0 Å². The lowest BCUT2D eigenvalue weighted by Crippen LogP contribution is -2.28. The summed E-state index contributed by atoms with van der Waals surface area (Å²) < 4.78 is 37.9. The summed E-state index contributed by atoms with van der Waals surface area (Å²) in [4.78, 5) is 22.6. The molecule has 6 nitrogen and oxygen atoms in total. The van der Waals surface area contributed by atoms with Crippen molar-refractivity contribution in [1.82, 2.24) is 0 Å². The Morgan fingerprint density at radius 3 is 2.40 bits per heavy atom. The number of halogens is 3. The number of esters is 1. The predicted octanol–water partition coefficient (Wildman–Crippen LogP) is 4.21. The third-order valence-electron chi connectivity index (χ3n) is 2.69. The van der Waals surface area contributed by atoms with E-state index in [1.54, 1.807) is 26.8 Å². The van der Waals surface area contributed by atoms with Crippen LogP contribution in [0.4, 0.5) is 19.3 Å². The number of nitrogens with one attached hydrogen (secondary N) is 1. The van der Waals surface area contributed by atoms with Crippen LogP contribution < -0.4 is 5.32 Å². The molecule has 0 aliphatic rings. The summed E-state index contributed by atoms with van der Waals surface area (Å²) in [5, 5.41) is 10.8. The Labute approximate surface area is 148 Å². The second-order valence-corrected chi connectivity index (χ2v) is 6.49. The van der Waals surface area contributed by atoms with Gasteiger partial charge in [0.1, 0.15) is 5.60 Å². The van der Waals surface area contributed by atoms with Crippen LogP contribution in [0.5, 0.6) is 0 Å². The Bertz CT molecular complexity index is 724. The molecule has 0 atom stereocenters. The van der Waals surface area contributed by atoms with Gasteiger partial charge in [0.05, 0.1) is 22.3 Å². The maximum atomic E-state index is 14.3. The van der Waals surface area contributed by atoms with Crippen LogP contribution in [0.1, 0.15) is 38.8 Å². The molecule has 9 heteroatoms. The summed E-state index contributed by atoms with van der Waals surface area (Å²) >= 11 is 5.95. The number of benzene rings is 1. The fourth-order valence-corrected chi connectivity index (χ4v) is 2.02. The fraction of sp³-hybridized carbons (Fsp3) is 0.438. The van der Waals surface area contributed by atoms with Gasteiger partial charge < -0.3 is 9.47 Å². The first-order chi connectivity index (χ1) is 11.4. The molecule has 0 spiro atoms. The van der Waals surface area contributed by atoms with Crippen LogP contribution >= 0.6 is 11.6 Å². The number of nitriles is 1. The van der Waals surface area contributed by atoms with Crippen molar-refractivity contribution in [3.63, 3.8) is 0 Å². The van der Waals surface area contributed by atoms with E-state index >= 15 is 0 Å². The van der Waals surface area contributed by atoms with Gasteiger partial charge in [-0.15, -0.1) is 0 Å². The number of anilines is 1. The van der Waals surface area contributed by atoms with Crippen LogP contribution in [-0.4, -0.2) is 24.3 Å². The quantitative estimate of drug-likeness (QED) is 0.797. The molecular formula is C16H17ClF2N2O4. The van der Waals surface area contributed by atoms with Crippen molar-refractivity contribution in [1.29, 1.82) is 5.26 Å². The zero-order valence-corrected chi connectivity index (χ0v) is 14.8. The fourth-order valence-electron chi connectivity index (χ4n) is 1.73. The topological polar surface area (TPSA) is 88.4 Å². The predicted molar refractivity (Wildman–Crippen MR) is 86.6 cm³/mol. The molecule has 1 rings (SSSR count). The van der Waals surface area contributed by atoms with Gasteiger partial charge in [-0.1, -0.05) is 11.6 Å². The maximum absolute atomic E-state index is 14.3. The van der Waals surface area contributed by atoms with Gasteiger partial charge in [0.25, 0.3) is 0 Å². The Morgan fingerprint density at radius 2 is 1.92 bits per heavy atom. The number of hydrogen-bond acceptors (Lipinski definition) is 5. The first kappa shape index (κ1) is 20.6. The number of hydrogen-bond donors (Lipinski definition) is 1. The summed E-state index contributed by atoms with van der Waals surface area (Å²) in [5.41, 5.74) is -1.94. The summed E-state index contributed by atoms with van der Waals surface area (Å²) in [7, 11) is 0. The Balaban J connectivity index is 3.23. The van der Waals surface area contributed by atoms with Crippen molar-refractivity contribution in [2.24, 2.45) is 0 Å². The lowest BCUT2D eigenvalue weighted by Gasteiger charge is -2.22. The molecule has 1 amide bonds. The van der Waals surface area contributed by atoms with E-state index in [-0.39, 0.29) is 11.3 Å². The molecule has 0 radical (unpaired) electrons. The third-order valence-corrected chi connectivity index (χ3v) is 3.10. The van der Waals surface area contributed by atoms with Gasteiger partial charge in [-0.3, -0.25) is 10.1 Å². The summed E-state index contributed by atoms with van der Waals surface area (Å²) in [6.07, 6.45) is -0.918. The molecule has 0 aliphatic heterocycles. The molecule has 0 bridgehead atoms. The maximum Gasteiger partial charge on any atom is 0.412 e. The zero-order valence-electron chi connectivity index (χ0n) is 14.1. The van der Waals surface area contributed by atoms with E-state index in [9.17, 15) is 18.4 Å². The van der Waals surface area contributed by atoms with Crippen molar-refractivity contribution in [2.75, 3.05) is 11.9 Å². The van der Waals surface area contributed by atoms with Gasteiger partial charge in [0.2, 0.25) is 0 Å². The highest BCUT2D eigenvalue weighted by Crippen LogP contribution is 2.39. The summed E-state index contributed by atoms with van der Waals surface area (Å²) in [5.74, 6) is -4.54. The number of nitrogens with zero attached hydrogens (tertiary/aromatic N) is 1. The first-order valence-corrected chi connectivity index (χ1v) is 7.49. The molecule has 136 valence electrons. The van der Waals surface area contributed by atoms with Crippen molar-refractivity contribution in [3.05, 3.63) is 28.3 Å². The average molecular weight is 375 g/mol. The lowest BCUT2D eigenvalue weighted by atomic mass is 10.0. The van der Waals surface area contributed by atoms with Crippen LogP contribution in [0, 0.1) is 11.3 Å². The molecule has 1 aromatic rings. The van der Waals surface area contributed by atoms with Crippen LogP contribution in [-0.2, 0) is 20.2 Å². The van der Waals surface area contributed by atoms with Crippen molar-refractivity contribution in [2.45, 2.75) is 39.2 Å². The van der Waals surface area contributed by atoms with E-state index in [0.717, 1.165) is 19.1 Å². The first-order valence-electron chi connectivity index (χ1n) is 7.11. The third kappa shape index (κ3) is 6.19. The Morgan fingerprint density at radius 1 is 1.32 bits per heavy atom. The van der Waals surface area contributed by atoms with E-state index in [1.165, 1.54) is 0 Å².